The highest BCUT2D eigenvalue weighted by Crippen LogP contribution is 1.99. The molecule has 0 aromatic carbocycles. The van der Waals surface area contributed by atoms with Gasteiger partial charge in [-0.05, 0) is 6.42 Å². The fourth-order valence-electron chi connectivity index (χ4n) is 0.956. The van der Waals surface area contributed by atoms with Crippen LogP contribution in [0.25, 0.3) is 0 Å². The van der Waals surface area contributed by atoms with Crippen LogP contribution >= 0.6 is 11.3 Å². The molecule has 0 saturated heterocycles. The molecule has 0 aliphatic rings. The highest BCUT2D eigenvalue weighted by Gasteiger charge is 1.99. The van der Waals surface area contributed by atoms with Crippen LogP contribution in [0.3, 0.4) is 0 Å². The van der Waals surface area contributed by atoms with Gasteiger partial charge in [-0.3, -0.25) is 4.79 Å². The van der Waals surface area contributed by atoms with Gasteiger partial charge in [0, 0.05) is 18.5 Å². The number of amides is 1. The minimum atomic E-state index is 0.0436. The Morgan fingerprint density at radius 3 is 3.14 bits per heavy atom. The van der Waals surface area contributed by atoms with Crippen molar-refractivity contribution in [1.29, 1.82) is 0 Å². The highest BCUT2D eigenvalue weighted by atomic mass is 32.1. The Kier molecular flexibility index (Phi) is 5.17. The first-order chi connectivity index (χ1) is 6.83. The molecular formula is C9H15N3OS. The van der Waals surface area contributed by atoms with Gasteiger partial charge in [-0.15, -0.1) is 11.3 Å². The van der Waals surface area contributed by atoms with Crippen LogP contribution in [-0.4, -0.2) is 24.0 Å². The zero-order valence-electron chi connectivity index (χ0n) is 8.25. The molecular weight excluding hydrogens is 198 g/mol. The zero-order chi connectivity index (χ0) is 10.2. The molecule has 1 aromatic rings. The molecule has 78 valence electrons. The number of thiazole rings is 1. The smallest absolute Gasteiger partial charge is 0.233 e. The molecule has 0 bridgehead atoms. The second-order valence-electron chi connectivity index (χ2n) is 2.93. The number of carbonyl (C=O) groups is 1. The third-order valence-electron chi connectivity index (χ3n) is 1.65. The first kappa shape index (κ1) is 11.1. The second kappa shape index (κ2) is 6.50. The van der Waals surface area contributed by atoms with Crippen LogP contribution in [0.1, 0.15) is 19.0 Å². The Morgan fingerprint density at radius 2 is 2.50 bits per heavy atom. The third-order valence-corrected chi connectivity index (χ3v) is 2.28. The summed E-state index contributed by atoms with van der Waals surface area (Å²) in [4.78, 5) is 15.2. The van der Waals surface area contributed by atoms with Crippen molar-refractivity contribution in [2.24, 2.45) is 0 Å². The molecule has 4 nitrogen and oxygen atoms in total. The number of hydrogen-bond acceptors (Lipinski definition) is 4. The van der Waals surface area contributed by atoms with Crippen molar-refractivity contribution >= 4 is 17.2 Å². The molecule has 0 aliphatic heterocycles. The molecule has 2 N–H and O–H groups in total. The quantitative estimate of drug-likeness (QED) is 0.733. The summed E-state index contributed by atoms with van der Waals surface area (Å²) in [6.45, 7) is 3.79. The summed E-state index contributed by atoms with van der Waals surface area (Å²) in [7, 11) is 0. The van der Waals surface area contributed by atoms with Crippen LogP contribution in [0.2, 0.25) is 0 Å². The summed E-state index contributed by atoms with van der Waals surface area (Å²) in [5.74, 6) is 0.0436. The van der Waals surface area contributed by atoms with Crippen molar-refractivity contribution in [2.45, 2.75) is 19.9 Å². The molecule has 0 aliphatic carbocycles. The van der Waals surface area contributed by atoms with E-state index in [-0.39, 0.29) is 5.91 Å². The second-order valence-corrected chi connectivity index (χ2v) is 3.65. The molecule has 0 fully saturated rings. The van der Waals surface area contributed by atoms with Crippen LogP contribution in [-0.2, 0) is 11.3 Å². The van der Waals surface area contributed by atoms with E-state index in [0.29, 0.717) is 13.1 Å². The van der Waals surface area contributed by atoms with E-state index in [1.807, 2.05) is 12.3 Å². The maximum absolute atomic E-state index is 11.1. The van der Waals surface area contributed by atoms with Crippen molar-refractivity contribution in [2.75, 3.05) is 13.1 Å². The molecule has 1 amide bonds. The zero-order valence-corrected chi connectivity index (χ0v) is 9.06. The Balaban J connectivity index is 2.06. The minimum Gasteiger partial charge on any atom is -0.355 e. The highest BCUT2D eigenvalue weighted by molar-refractivity contribution is 7.07. The Labute approximate surface area is 87.7 Å². The SMILES string of the molecule is CCCNC(=O)CNCc1cscn1. The minimum absolute atomic E-state index is 0.0436. The Hall–Kier alpha value is -0.940. The third kappa shape index (κ3) is 4.34. The van der Waals surface area contributed by atoms with Gasteiger partial charge < -0.3 is 10.6 Å². The number of rotatable bonds is 6. The molecule has 0 radical (unpaired) electrons. The lowest BCUT2D eigenvalue weighted by Gasteiger charge is -2.03. The standard InChI is InChI=1S/C9H15N3OS/c1-2-3-11-9(13)5-10-4-8-6-14-7-12-8/h6-7,10H,2-5H2,1H3,(H,11,13). The van der Waals surface area contributed by atoms with E-state index in [1.54, 1.807) is 16.8 Å². The molecule has 0 spiro atoms. The number of aromatic nitrogens is 1. The first-order valence-corrected chi connectivity index (χ1v) is 5.61. The number of nitrogens with one attached hydrogen (secondary N) is 2. The summed E-state index contributed by atoms with van der Waals surface area (Å²) in [6, 6.07) is 0. The van der Waals surface area contributed by atoms with Gasteiger partial charge in [0.05, 0.1) is 17.7 Å². The lowest BCUT2D eigenvalue weighted by Crippen LogP contribution is -2.33. The van der Waals surface area contributed by atoms with E-state index in [2.05, 4.69) is 15.6 Å². The number of carbonyl (C=O) groups excluding carboxylic acids is 1. The van der Waals surface area contributed by atoms with Gasteiger partial charge in [-0.25, -0.2) is 4.98 Å². The summed E-state index contributed by atoms with van der Waals surface area (Å²) in [6.07, 6.45) is 0.970. The van der Waals surface area contributed by atoms with Crippen molar-refractivity contribution in [3.63, 3.8) is 0 Å². The fourth-order valence-corrected chi connectivity index (χ4v) is 1.51. The van der Waals surface area contributed by atoms with Gasteiger partial charge in [0.2, 0.25) is 5.91 Å². The predicted molar refractivity (Wildman–Crippen MR) is 57.1 cm³/mol. The molecule has 5 heteroatoms. The van der Waals surface area contributed by atoms with Gasteiger partial charge in [0.1, 0.15) is 0 Å². The average Bonchev–Trinajstić information content (AvgIpc) is 2.67. The van der Waals surface area contributed by atoms with E-state index in [0.717, 1.165) is 18.7 Å². The van der Waals surface area contributed by atoms with Gasteiger partial charge in [-0.1, -0.05) is 6.92 Å². The maximum atomic E-state index is 11.1. The van der Waals surface area contributed by atoms with Gasteiger partial charge in [0.15, 0.2) is 0 Å². The lowest BCUT2D eigenvalue weighted by atomic mass is 10.4. The van der Waals surface area contributed by atoms with Crippen LogP contribution in [0.15, 0.2) is 10.9 Å². The summed E-state index contributed by atoms with van der Waals surface area (Å²) in [5.41, 5.74) is 2.77. The maximum Gasteiger partial charge on any atom is 0.233 e. The average molecular weight is 213 g/mol. The largest absolute Gasteiger partial charge is 0.355 e. The molecule has 1 rings (SSSR count). The van der Waals surface area contributed by atoms with E-state index < -0.39 is 0 Å². The van der Waals surface area contributed by atoms with Crippen LogP contribution in [0, 0.1) is 0 Å². The van der Waals surface area contributed by atoms with Crippen LogP contribution in [0.5, 0.6) is 0 Å². The normalized spacial score (nSPS) is 10.1. The monoisotopic (exact) mass is 213 g/mol. The van der Waals surface area contributed by atoms with E-state index in [9.17, 15) is 4.79 Å². The van der Waals surface area contributed by atoms with Crippen molar-refractivity contribution in [1.82, 2.24) is 15.6 Å². The van der Waals surface area contributed by atoms with E-state index in [1.165, 1.54) is 0 Å². The van der Waals surface area contributed by atoms with E-state index in [4.69, 9.17) is 0 Å². The van der Waals surface area contributed by atoms with Crippen LogP contribution in [0.4, 0.5) is 0 Å². The molecule has 1 aromatic heterocycles. The summed E-state index contributed by atoms with van der Waals surface area (Å²) >= 11 is 1.56. The summed E-state index contributed by atoms with van der Waals surface area (Å²) in [5, 5.41) is 7.79. The van der Waals surface area contributed by atoms with Crippen LogP contribution < -0.4 is 10.6 Å². The first-order valence-electron chi connectivity index (χ1n) is 4.67. The van der Waals surface area contributed by atoms with Crippen molar-refractivity contribution in [3.05, 3.63) is 16.6 Å². The topological polar surface area (TPSA) is 54.0 Å². The molecule has 0 unspecified atom stereocenters. The molecule has 0 atom stereocenters. The fraction of sp³-hybridized carbons (Fsp3) is 0.556. The van der Waals surface area contributed by atoms with Crippen molar-refractivity contribution in [3.8, 4) is 0 Å². The van der Waals surface area contributed by atoms with Crippen molar-refractivity contribution < 1.29 is 4.79 Å². The van der Waals surface area contributed by atoms with Gasteiger partial charge >= 0.3 is 0 Å². The van der Waals surface area contributed by atoms with Gasteiger partial charge in [-0.2, -0.15) is 0 Å². The predicted octanol–water partition coefficient (Wildman–Crippen LogP) is 0.759. The van der Waals surface area contributed by atoms with Gasteiger partial charge in [0.25, 0.3) is 0 Å². The molecule has 0 saturated carbocycles. The summed E-state index contributed by atoms with van der Waals surface area (Å²) < 4.78 is 0. The molecule has 14 heavy (non-hydrogen) atoms. The number of nitrogens with zero attached hydrogens (tertiary/aromatic N) is 1. The Bertz CT molecular complexity index is 261. The Morgan fingerprint density at radius 1 is 1.64 bits per heavy atom. The van der Waals surface area contributed by atoms with E-state index >= 15 is 0 Å². The lowest BCUT2D eigenvalue weighted by molar-refractivity contribution is -0.120. The number of hydrogen-bond donors (Lipinski definition) is 2. The molecule has 1 heterocycles.